The molecule has 3 heterocycles. The number of anilines is 1. The molecule has 31 heavy (non-hydrogen) atoms. The first-order chi connectivity index (χ1) is 15.2. The van der Waals surface area contributed by atoms with E-state index >= 15 is 0 Å². The normalized spacial score (nSPS) is 14.9. The van der Waals surface area contributed by atoms with Crippen molar-refractivity contribution < 1.29 is 9.47 Å². The van der Waals surface area contributed by atoms with Gasteiger partial charge in [-0.2, -0.15) is 0 Å². The fourth-order valence-corrected chi connectivity index (χ4v) is 4.13. The van der Waals surface area contributed by atoms with E-state index in [1.54, 1.807) is 26.6 Å². The van der Waals surface area contributed by atoms with Crippen molar-refractivity contribution in [2.75, 3.05) is 39.7 Å². The predicted molar refractivity (Wildman–Crippen MR) is 122 cm³/mol. The zero-order valence-electron chi connectivity index (χ0n) is 18.3. The molecule has 1 aromatic carbocycles. The van der Waals surface area contributed by atoms with Crippen molar-refractivity contribution in [2.24, 2.45) is 0 Å². The molecule has 0 saturated carbocycles. The van der Waals surface area contributed by atoms with Gasteiger partial charge in [0.25, 0.3) is 0 Å². The van der Waals surface area contributed by atoms with Gasteiger partial charge in [0, 0.05) is 49.2 Å². The minimum absolute atomic E-state index is 0.409. The molecule has 0 unspecified atom stereocenters. The number of piperidine rings is 1. The molecule has 0 radical (unpaired) electrons. The number of hydrogen-bond acceptors (Lipinski definition) is 7. The van der Waals surface area contributed by atoms with Gasteiger partial charge in [-0.15, -0.1) is 0 Å². The Morgan fingerprint density at radius 2 is 1.68 bits per heavy atom. The summed E-state index contributed by atoms with van der Waals surface area (Å²) >= 11 is 0. The van der Waals surface area contributed by atoms with Crippen LogP contribution >= 0.6 is 0 Å². The Balaban J connectivity index is 1.48. The van der Waals surface area contributed by atoms with Gasteiger partial charge in [-0.25, -0.2) is 9.97 Å². The van der Waals surface area contributed by atoms with E-state index in [1.807, 2.05) is 37.4 Å². The monoisotopic (exact) mass is 419 g/mol. The van der Waals surface area contributed by atoms with Gasteiger partial charge in [-0.1, -0.05) is 6.07 Å². The largest absolute Gasteiger partial charge is 0.496 e. The summed E-state index contributed by atoms with van der Waals surface area (Å²) in [7, 11) is 5.31. The summed E-state index contributed by atoms with van der Waals surface area (Å²) in [6, 6.07) is 11.9. The number of rotatable bonds is 7. The lowest BCUT2D eigenvalue weighted by atomic mass is 9.92. The van der Waals surface area contributed by atoms with E-state index in [0.717, 1.165) is 72.4 Å². The summed E-state index contributed by atoms with van der Waals surface area (Å²) in [6.07, 6.45) is 5.64. The fraction of sp³-hybridized carbons (Fsp3) is 0.375. The lowest BCUT2D eigenvalue weighted by Gasteiger charge is -2.32. The first-order valence-electron chi connectivity index (χ1n) is 10.6. The quantitative estimate of drug-likeness (QED) is 0.621. The van der Waals surface area contributed by atoms with Crippen LogP contribution in [-0.4, -0.2) is 54.2 Å². The Hall–Kier alpha value is -3.19. The first kappa shape index (κ1) is 21.1. The van der Waals surface area contributed by atoms with Gasteiger partial charge in [-0.05, 0) is 50.2 Å². The lowest BCUT2D eigenvalue weighted by Crippen LogP contribution is -2.33. The SMILES string of the molecule is CNc1cc(C2CCN(Cc3c(OC)cccc3OC)CC2)nc(-c2ccncc2)n1. The Morgan fingerprint density at radius 1 is 1.00 bits per heavy atom. The first-order valence-corrected chi connectivity index (χ1v) is 10.6. The van der Waals surface area contributed by atoms with Gasteiger partial charge >= 0.3 is 0 Å². The summed E-state index contributed by atoms with van der Waals surface area (Å²) in [5.41, 5.74) is 3.18. The van der Waals surface area contributed by atoms with Crippen molar-refractivity contribution in [3.05, 3.63) is 60.0 Å². The molecule has 0 aliphatic carbocycles. The standard InChI is InChI=1S/C24H29N5O2/c1-25-23-15-20(27-24(28-23)18-7-11-26-12-8-18)17-9-13-29(14-10-17)16-19-21(30-2)5-4-6-22(19)31-3/h4-8,11-12,15,17H,9-10,13-14,16H2,1-3H3,(H,25,27,28). The Kier molecular flexibility index (Phi) is 6.62. The van der Waals surface area contributed by atoms with E-state index in [4.69, 9.17) is 14.5 Å². The molecule has 2 aromatic heterocycles. The van der Waals surface area contributed by atoms with Gasteiger partial charge in [0.1, 0.15) is 17.3 Å². The highest BCUT2D eigenvalue weighted by atomic mass is 16.5. The molecule has 1 fully saturated rings. The zero-order chi connectivity index (χ0) is 21.6. The van der Waals surface area contributed by atoms with Crippen LogP contribution in [0.15, 0.2) is 48.8 Å². The number of ether oxygens (including phenoxy) is 2. The molecular weight excluding hydrogens is 390 g/mol. The number of pyridine rings is 1. The molecule has 0 amide bonds. The van der Waals surface area contributed by atoms with Gasteiger partial charge in [0.15, 0.2) is 5.82 Å². The zero-order valence-corrected chi connectivity index (χ0v) is 18.3. The maximum absolute atomic E-state index is 5.57. The van der Waals surface area contributed by atoms with Crippen LogP contribution in [-0.2, 0) is 6.54 Å². The number of likely N-dealkylation sites (tertiary alicyclic amines) is 1. The van der Waals surface area contributed by atoms with Crippen molar-refractivity contribution in [3.63, 3.8) is 0 Å². The van der Waals surface area contributed by atoms with Crippen LogP contribution in [0, 0.1) is 0 Å². The van der Waals surface area contributed by atoms with Crippen LogP contribution in [0.2, 0.25) is 0 Å². The molecule has 0 bridgehead atoms. The van der Waals surface area contributed by atoms with E-state index < -0.39 is 0 Å². The Bertz CT molecular complexity index is 982. The molecule has 7 nitrogen and oxygen atoms in total. The van der Waals surface area contributed by atoms with Gasteiger partial charge in [0.2, 0.25) is 0 Å². The summed E-state index contributed by atoms with van der Waals surface area (Å²) in [5, 5.41) is 3.18. The highest BCUT2D eigenvalue weighted by Gasteiger charge is 2.24. The van der Waals surface area contributed by atoms with Crippen LogP contribution in [0.1, 0.15) is 30.0 Å². The van der Waals surface area contributed by atoms with Crippen molar-refractivity contribution in [1.82, 2.24) is 19.9 Å². The number of nitrogens with zero attached hydrogens (tertiary/aromatic N) is 4. The number of benzene rings is 1. The van der Waals surface area contributed by atoms with Crippen LogP contribution in [0.5, 0.6) is 11.5 Å². The molecule has 4 rings (SSSR count). The topological polar surface area (TPSA) is 72.4 Å². The molecule has 0 atom stereocenters. The van der Waals surface area contributed by atoms with Crippen molar-refractivity contribution in [3.8, 4) is 22.9 Å². The molecule has 162 valence electrons. The third kappa shape index (κ3) is 4.77. The predicted octanol–water partition coefficient (Wildman–Crippen LogP) is 3.98. The van der Waals surface area contributed by atoms with Crippen LogP contribution in [0.3, 0.4) is 0 Å². The second kappa shape index (κ2) is 9.75. The van der Waals surface area contributed by atoms with Crippen LogP contribution < -0.4 is 14.8 Å². The van der Waals surface area contributed by atoms with E-state index in [1.165, 1.54) is 0 Å². The molecule has 3 aromatic rings. The van der Waals surface area contributed by atoms with Crippen LogP contribution in [0.4, 0.5) is 5.82 Å². The Morgan fingerprint density at radius 3 is 2.29 bits per heavy atom. The van der Waals surface area contributed by atoms with Gasteiger partial charge in [0.05, 0.1) is 19.8 Å². The Labute approximate surface area is 183 Å². The summed E-state index contributed by atoms with van der Waals surface area (Å²) in [5.74, 6) is 3.74. The van der Waals surface area contributed by atoms with Gasteiger partial charge in [-0.3, -0.25) is 9.88 Å². The average Bonchev–Trinajstić information content (AvgIpc) is 2.84. The highest BCUT2D eigenvalue weighted by molar-refractivity contribution is 5.57. The third-order valence-corrected chi connectivity index (χ3v) is 5.86. The van der Waals surface area contributed by atoms with Crippen molar-refractivity contribution >= 4 is 5.82 Å². The van der Waals surface area contributed by atoms with E-state index in [-0.39, 0.29) is 0 Å². The maximum Gasteiger partial charge on any atom is 0.161 e. The highest BCUT2D eigenvalue weighted by Crippen LogP contribution is 2.33. The fourth-order valence-electron chi connectivity index (χ4n) is 4.13. The molecule has 1 N–H and O–H groups in total. The van der Waals surface area contributed by atoms with E-state index in [9.17, 15) is 0 Å². The lowest BCUT2D eigenvalue weighted by molar-refractivity contribution is 0.198. The second-order valence-corrected chi connectivity index (χ2v) is 7.68. The molecule has 7 heteroatoms. The number of aromatic nitrogens is 3. The molecule has 1 aliphatic heterocycles. The molecule has 1 saturated heterocycles. The van der Waals surface area contributed by atoms with Gasteiger partial charge < -0.3 is 14.8 Å². The summed E-state index contributed by atoms with van der Waals surface area (Å²) in [6.45, 7) is 2.80. The average molecular weight is 420 g/mol. The smallest absolute Gasteiger partial charge is 0.161 e. The molecular formula is C24H29N5O2. The van der Waals surface area contributed by atoms with Crippen molar-refractivity contribution in [2.45, 2.75) is 25.3 Å². The minimum atomic E-state index is 0.409. The summed E-state index contributed by atoms with van der Waals surface area (Å²) in [4.78, 5) is 16.1. The second-order valence-electron chi connectivity index (χ2n) is 7.68. The number of methoxy groups -OCH3 is 2. The summed E-state index contributed by atoms with van der Waals surface area (Å²) < 4.78 is 11.1. The van der Waals surface area contributed by atoms with Crippen LogP contribution in [0.25, 0.3) is 11.4 Å². The third-order valence-electron chi connectivity index (χ3n) is 5.86. The molecule has 1 aliphatic rings. The minimum Gasteiger partial charge on any atom is -0.496 e. The van der Waals surface area contributed by atoms with E-state index in [2.05, 4.69) is 26.3 Å². The number of nitrogens with one attached hydrogen (secondary N) is 1. The molecule has 0 spiro atoms. The maximum atomic E-state index is 5.57. The number of hydrogen-bond donors (Lipinski definition) is 1. The van der Waals surface area contributed by atoms with Crippen molar-refractivity contribution in [1.29, 1.82) is 0 Å². The van der Waals surface area contributed by atoms with E-state index in [0.29, 0.717) is 5.92 Å².